The zero-order valence-electron chi connectivity index (χ0n) is 14.1. The Hall–Kier alpha value is -2.35. The molecule has 1 saturated heterocycles. The largest absolute Gasteiger partial charge is 0.342 e. The van der Waals surface area contributed by atoms with Gasteiger partial charge in [0.1, 0.15) is 12.7 Å². The Bertz CT molecular complexity index is 867. The van der Waals surface area contributed by atoms with Crippen molar-refractivity contribution in [3.05, 3.63) is 36.4 Å². The molecule has 0 radical (unpaired) electrons. The van der Waals surface area contributed by atoms with E-state index in [0.717, 1.165) is 42.1 Å². The fourth-order valence-corrected chi connectivity index (χ4v) is 3.99. The van der Waals surface area contributed by atoms with E-state index >= 15 is 0 Å². The Balaban J connectivity index is 1.31. The van der Waals surface area contributed by atoms with Crippen molar-refractivity contribution in [3.8, 4) is 0 Å². The van der Waals surface area contributed by atoms with Crippen LogP contribution in [0.2, 0.25) is 0 Å². The molecule has 130 valence electrons. The van der Waals surface area contributed by atoms with Gasteiger partial charge in [0.25, 0.3) is 0 Å². The van der Waals surface area contributed by atoms with Crippen LogP contribution >= 0.6 is 11.8 Å². The summed E-state index contributed by atoms with van der Waals surface area (Å²) in [6.45, 7) is 3.61. The molecule has 1 amide bonds. The van der Waals surface area contributed by atoms with E-state index in [-0.39, 0.29) is 5.91 Å². The fraction of sp³-hybridized carbons (Fsp3) is 0.412. The second-order valence-electron chi connectivity index (χ2n) is 6.37. The number of imidazole rings is 1. The minimum absolute atomic E-state index is 0.170. The third kappa shape index (κ3) is 3.53. The topological polar surface area (TPSA) is 79.7 Å². The summed E-state index contributed by atoms with van der Waals surface area (Å²) in [5.74, 6) is 0.583. The maximum absolute atomic E-state index is 12.5. The summed E-state index contributed by atoms with van der Waals surface area (Å²) in [7, 11) is 0. The number of H-pyrrole nitrogens is 1. The van der Waals surface area contributed by atoms with Crippen molar-refractivity contribution in [2.45, 2.75) is 31.0 Å². The third-order valence-electron chi connectivity index (χ3n) is 4.62. The fourth-order valence-electron chi connectivity index (χ4n) is 3.20. The minimum atomic E-state index is 0.170. The SMILES string of the molecule is Cc1ccc2nc(SCC(=O)N3CCC(n4cnnc4)CC3)[nH]c2c1. The maximum atomic E-state index is 12.5. The number of benzene rings is 1. The second-order valence-corrected chi connectivity index (χ2v) is 7.34. The van der Waals surface area contributed by atoms with Crippen LogP contribution in [0.4, 0.5) is 0 Å². The van der Waals surface area contributed by atoms with Gasteiger partial charge in [-0.05, 0) is 37.5 Å². The number of nitrogens with one attached hydrogen (secondary N) is 1. The highest BCUT2D eigenvalue weighted by Crippen LogP contribution is 2.24. The number of likely N-dealkylation sites (tertiary alicyclic amines) is 1. The number of hydrogen-bond acceptors (Lipinski definition) is 5. The molecule has 3 aromatic rings. The number of aryl methyl sites for hydroxylation is 1. The summed E-state index contributed by atoms with van der Waals surface area (Å²) < 4.78 is 2.03. The Morgan fingerprint density at radius 2 is 2.04 bits per heavy atom. The molecule has 1 aliphatic rings. The Morgan fingerprint density at radius 3 is 2.80 bits per heavy atom. The van der Waals surface area contributed by atoms with Crippen molar-refractivity contribution in [1.29, 1.82) is 0 Å². The van der Waals surface area contributed by atoms with E-state index in [0.29, 0.717) is 11.8 Å². The highest BCUT2D eigenvalue weighted by molar-refractivity contribution is 7.99. The zero-order valence-corrected chi connectivity index (χ0v) is 14.9. The summed E-state index contributed by atoms with van der Waals surface area (Å²) in [5, 5.41) is 8.51. The quantitative estimate of drug-likeness (QED) is 0.726. The van der Waals surface area contributed by atoms with Gasteiger partial charge in [-0.2, -0.15) is 0 Å². The van der Waals surface area contributed by atoms with Gasteiger partial charge < -0.3 is 14.5 Å². The van der Waals surface area contributed by atoms with Crippen molar-refractivity contribution < 1.29 is 4.79 Å². The lowest BCUT2D eigenvalue weighted by atomic mass is 10.1. The molecule has 0 unspecified atom stereocenters. The number of thioether (sulfide) groups is 1. The molecule has 0 bridgehead atoms. The summed E-state index contributed by atoms with van der Waals surface area (Å²) in [6.07, 6.45) is 5.39. The van der Waals surface area contributed by atoms with Crippen molar-refractivity contribution >= 4 is 28.7 Å². The molecule has 1 N–H and O–H groups in total. The van der Waals surface area contributed by atoms with E-state index < -0.39 is 0 Å². The number of carbonyl (C=O) groups is 1. The average molecular weight is 356 g/mol. The van der Waals surface area contributed by atoms with E-state index in [2.05, 4.69) is 33.2 Å². The molecule has 25 heavy (non-hydrogen) atoms. The van der Waals surface area contributed by atoms with Crippen LogP contribution in [0.15, 0.2) is 36.0 Å². The normalized spacial score (nSPS) is 15.8. The van der Waals surface area contributed by atoms with Crippen LogP contribution in [0.25, 0.3) is 11.0 Å². The molecular weight excluding hydrogens is 336 g/mol. The predicted octanol–water partition coefficient (Wildman–Crippen LogP) is 2.42. The zero-order chi connectivity index (χ0) is 17.2. The monoisotopic (exact) mass is 356 g/mol. The summed E-state index contributed by atoms with van der Waals surface area (Å²) in [4.78, 5) is 22.2. The lowest BCUT2D eigenvalue weighted by Crippen LogP contribution is -2.39. The Morgan fingerprint density at radius 1 is 1.28 bits per heavy atom. The molecule has 0 spiro atoms. The van der Waals surface area contributed by atoms with E-state index in [9.17, 15) is 4.79 Å². The molecule has 0 atom stereocenters. The van der Waals surface area contributed by atoms with Gasteiger partial charge in [0.05, 0.1) is 16.8 Å². The van der Waals surface area contributed by atoms with Crippen LogP contribution in [0, 0.1) is 6.92 Å². The number of carbonyl (C=O) groups excluding carboxylic acids is 1. The number of fused-ring (bicyclic) bond motifs is 1. The molecule has 3 heterocycles. The van der Waals surface area contributed by atoms with Crippen molar-refractivity contribution in [1.82, 2.24) is 29.6 Å². The summed E-state index contributed by atoms with van der Waals surface area (Å²) >= 11 is 1.47. The number of piperidine rings is 1. The Kier molecular flexibility index (Phi) is 4.44. The number of aromatic amines is 1. The first-order valence-electron chi connectivity index (χ1n) is 8.40. The van der Waals surface area contributed by atoms with Crippen molar-refractivity contribution in [3.63, 3.8) is 0 Å². The first kappa shape index (κ1) is 16.1. The van der Waals surface area contributed by atoms with E-state index in [4.69, 9.17) is 0 Å². The van der Waals surface area contributed by atoms with Crippen LogP contribution in [0.5, 0.6) is 0 Å². The first-order valence-corrected chi connectivity index (χ1v) is 9.38. The number of amides is 1. The maximum Gasteiger partial charge on any atom is 0.233 e. The van der Waals surface area contributed by atoms with Gasteiger partial charge in [0.2, 0.25) is 5.91 Å². The van der Waals surface area contributed by atoms with E-state index in [1.165, 1.54) is 17.3 Å². The Labute approximate surface area is 149 Å². The molecule has 0 aliphatic carbocycles. The van der Waals surface area contributed by atoms with Gasteiger partial charge in [-0.1, -0.05) is 17.8 Å². The van der Waals surface area contributed by atoms with Crippen LogP contribution in [0.3, 0.4) is 0 Å². The van der Waals surface area contributed by atoms with Gasteiger partial charge in [-0.15, -0.1) is 10.2 Å². The summed E-state index contributed by atoms with van der Waals surface area (Å²) in [6, 6.07) is 6.51. The molecule has 4 rings (SSSR count). The van der Waals surface area contributed by atoms with Gasteiger partial charge in [-0.25, -0.2) is 4.98 Å². The van der Waals surface area contributed by atoms with Crippen LogP contribution in [0.1, 0.15) is 24.4 Å². The van der Waals surface area contributed by atoms with Crippen LogP contribution in [-0.4, -0.2) is 54.4 Å². The highest BCUT2D eigenvalue weighted by Gasteiger charge is 2.23. The molecular formula is C17H20N6OS. The predicted molar refractivity (Wildman–Crippen MR) is 96.4 cm³/mol. The lowest BCUT2D eigenvalue weighted by molar-refractivity contribution is -0.129. The molecule has 8 heteroatoms. The number of hydrogen-bond donors (Lipinski definition) is 1. The molecule has 1 aromatic carbocycles. The van der Waals surface area contributed by atoms with Crippen LogP contribution < -0.4 is 0 Å². The van der Waals surface area contributed by atoms with Crippen molar-refractivity contribution in [2.24, 2.45) is 0 Å². The summed E-state index contributed by atoms with van der Waals surface area (Å²) in [5.41, 5.74) is 3.15. The standard InChI is InChI=1S/C17H20N6OS/c1-12-2-3-14-15(8-12)21-17(20-14)25-9-16(24)22-6-4-13(5-7-22)23-10-18-19-11-23/h2-3,8,10-11,13H,4-7,9H2,1H3,(H,20,21). The number of nitrogens with zero attached hydrogens (tertiary/aromatic N) is 5. The van der Waals surface area contributed by atoms with E-state index in [1.54, 1.807) is 12.7 Å². The van der Waals surface area contributed by atoms with Crippen LogP contribution in [-0.2, 0) is 4.79 Å². The second kappa shape index (κ2) is 6.87. The molecule has 1 aliphatic heterocycles. The molecule has 0 saturated carbocycles. The van der Waals surface area contributed by atoms with Gasteiger partial charge >= 0.3 is 0 Å². The smallest absolute Gasteiger partial charge is 0.233 e. The average Bonchev–Trinajstić information content (AvgIpc) is 3.29. The third-order valence-corrected chi connectivity index (χ3v) is 5.48. The first-order chi connectivity index (χ1) is 12.2. The number of aromatic nitrogens is 5. The van der Waals surface area contributed by atoms with Gasteiger partial charge in [0.15, 0.2) is 5.16 Å². The lowest BCUT2D eigenvalue weighted by Gasteiger charge is -2.32. The van der Waals surface area contributed by atoms with Crippen molar-refractivity contribution in [2.75, 3.05) is 18.8 Å². The highest BCUT2D eigenvalue weighted by atomic mass is 32.2. The van der Waals surface area contributed by atoms with Gasteiger partial charge in [0, 0.05) is 19.1 Å². The number of rotatable bonds is 4. The molecule has 7 nitrogen and oxygen atoms in total. The van der Waals surface area contributed by atoms with Gasteiger partial charge in [-0.3, -0.25) is 4.79 Å². The molecule has 2 aromatic heterocycles. The van der Waals surface area contributed by atoms with E-state index in [1.807, 2.05) is 21.6 Å². The molecule has 1 fully saturated rings. The minimum Gasteiger partial charge on any atom is -0.342 e.